The molecular formula is C14H22O3. The topological polar surface area (TPSA) is 38.7 Å². The fourth-order valence-corrected chi connectivity index (χ4v) is 2.28. The summed E-state index contributed by atoms with van der Waals surface area (Å²) < 4.78 is 10.9. The second-order valence-corrected chi connectivity index (χ2v) is 4.47. The van der Waals surface area contributed by atoms with Crippen LogP contribution in [0.2, 0.25) is 0 Å². The SMILES string of the molecule is COc1c(C)c(C)c(OC)c(CC(C)O)c1C. The van der Waals surface area contributed by atoms with Crippen LogP contribution in [0.15, 0.2) is 0 Å². The van der Waals surface area contributed by atoms with Crippen molar-refractivity contribution in [3.63, 3.8) is 0 Å². The average molecular weight is 238 g/mol. The Bertz CT molecular complexity index is 409. The largest absolute Gasteiger partial charge is 0.496 e. The van der Waals surface area contributed by atoms with Gasteiger partial charge in [-0.3, -0.25) is 0 Å². The van der Waals surface area contributed by atoms with Gasteiger partial charge in [-0.1, -0.05) is 0 Å². The Labute approximate surface area is 103 Å². The number of hydrogen-bond donors (Lipinski definition) is 1. The van der Waals surface area contributed by atoms with Crippen molar-refractivity contribution in [3.8, 4) is 11.5 Å². The molecule has 3 nitrogen and oxygen atoms in total. The van der Waals surface area contributed by atoms with Gasteiger partial charge in [-0.25, -0.2) is 0 Å². The van der Waals surface area contributed by atoms with E-state index in [0.29, 0.717) is 6.42 Å². The molecular weight excluding hydrogens is 216 g/mol. The molecule has 0 heterocycles. The van der Waals surface area contributed by atoms with Crippen LogP contribution in [0.25, 0.3) is 0 Å². The van der Waals surface area contributed by atoms with Crippen molar-refractivity contribution in [2.75, 3.05) is 14.2 Å². The molecule has 0 saturated carbocycles. The summed E-state index contributed by atoms with van der Waals surface area (Å²) in [6.07, 6.45) is 0.182. The number of benzene rings is 1. The van der Waals surface area contributed by atoms with E-state index < -0.39 is 6.10 Å². The summed E-state index contributed by atoms with van der Waals surface area (Å²) in [4.78, 5) is 0. The Kier molecular flexibility index (Phi) is 4.40. The van der Waals surface area contributed by atoms with Crippen molar-refractivity contribution >= 4 is 0 Å². The number of methoxy groups -OCH3 is 2. The molecule has 1 atom stereocenters. The van der Waals surface area contributed by atoms with Gasteiger partial charge in [0.25, 0.3) is 0 Å². The third-order valence-electron chi connectivity index (χ3n) is 3.22. The van der Waals surface area contributed by atoms with Crippen LogP contribution < -0.4 is 9.47 Å². The number of rotatable bonds is 4. The monoisotopic (exact) mass is 238 g/mol. The van der Waals surface area contributed by atoms with Gasteiger partial charge in [0.2, 0.25) is 0 Å². The molecule has 0 aliphatic rings. The van der Waals surface area contributed by atoms with E-state index in [0.717, 1.165) is 33.8 Å². The van der Waals surface area contributed by atoms with Crippen LogP contribution in [0.1, 0.15) is 29.2 Å². The van der Waals surface area contributed by atoms with Gasteiger partial charge < -0.3 is 14.6 Å². The van der Waals surface area contributed by atoms with Crippen LogP contribution >= 0.6 is 0 Å². The van der Waals surface area contributed by atoms with Gasteiger partial charge in [0.15, 0.2) is 0 Å². The first kappa shape index (κ1) is 13.8. The summed E-state index contributed by atoms with van der Waals surface area (Å²) in [7, 11) is 3.34. The summed E-state index contributed by atoms with van der Waals surface area (Å²) >= 11 is 0. The Hall–Kier alpha value is -1.22. The summed E-state index contributed by atoms with van der Waals surface area (Å²) in [5.74, 6) is 1.75. The van der Waals surface area contributed by atoms with E-state index in [1.165, 1.54) is 0 Å². The van der Waals surface area contributed by atoms with Crippen molar-refractivity contribution in [2.24, 2.45) is 0 Å². The summed E-state index contributed by atoms with van der Waals surface area (Å²) in [6, 6.07) is 0. The van der Waals surface area contributed by atoms with Crippen molar-refractivity contribution in [2.45, 2.75) is 40.2 Å². The number of hydrogen-bond acceptors (Lipinski definition) is 3. The lowest BCUT2D eigenvalue weighted by molar-refractivity contribution is 0.193. The Balaban J connectivity index is 3.49. The second-order valence-electron chi connectivity index (χ2n) is 4.47. The summed E-state index contributed by atoms with van der Waals surface area (Å²) in [5, 5.41) is 9.58. The second kappa shape index (κ2) is 5.41. The van der Waals surface area contributed by atoms with Gasteiger partial charge >= 0.3 is 0 Å². The van der Waals surface area contributed by atoms with E-state index in [2.05, 4.69) is 0 Å². The van der Waals surface area contributed by atoms with Crippen molar-refractivity contribution < 1.29 is 14.6 Å². The maximum absolute atomic E-state index is 9.58. The molecule has 0 saturated heterocycles. The Morgan fingerprint density at radius 1 is 0.941 bits per heavy atom. The first-order chi connectivity index (χ1) is 7.93. The molecule has 17 heavy (non-hydrogen) atoms. The van der Waals surface area contributed by atoms with Crippen molar-refractivity contribution in [1.82, 2.24) is 0 Å². The highest BCUT2D eigenvalue weighted by molar-refractivity contribution is 5.58. The maximum Gasteiger partial charge on any atom is 0.125 e. The normalized spacial score (nSPS) is 12.4. The molecule has 0 radical (unpaired) electrons. The molecule has 3 heteroatoms. The smallest absolute Gasteiger partial charge is 0.125 e. The molecule has 0 fully saturated rings. The molecule has 0 amide bonds. The van der Waals surface area contributed by atoms with Gasteiger partial charge in [0.05, 0.1) is 20.3 Å². The third-order valence-corrected chi connectivity index (χ3v) is 3.22. The molecule has 1 rings (SSSR count). The summed E-state index contributed by atoms with van der Waals surface area (Å²) in [6.45, 7) is 7.82. The fraction of sp³-hybridized carbons (Fsp3) is 0.571. The molecule has 0 spiro atoms. The highest BCUT2D eigenvalue weighted by atomic mass is 16.5. The minimum atomic E-state index is -0.394. The number of aliphatic hydroxyl groups excluding tert-OH is 1. The van der Waals surface area contributed by atoms with E-state index >= 15 is 0 Å². The van der Waals surface area contributed by atoms with Crippen LogP contribution in [0, 0.1) is 20.8 Å². The molecule has 1 unspecified atom stereocenters. The molecule has 96 valence electrons. The molecule has 0 bridgehead atoms. The minimum Gasteiger partial charge on any atom is -0.496 e. The Morgan fingerprint density at radius 3 is 1.82 bits per heavy atom. The van der Waals surface area contributed by atoms with Crippen LogP contribution in [-0.2, 0) is 6.42 Å². The van der Waals surface area contributed by atoms with E-state index in [-0.39, 0.29) is 0 Å². The molecule has 0 aliphatic carbocycles. The maximum atomic E-state index is 9.58. The van der Waals surface area contributed by atoms with E-state index in [4.69, 9.17) is 9.47 Å². The molecule has 1 aromatic rings. The third kappa shape index (κ3) is 2.55. The van der Waals surface area contributed by atoms with Crippen molar-refractivity contribution in [1.29, 1.82) is 0 Å². The molecule has 0 aliphatic heterocycles. The van der Waals surface area contributed by atoms with E-state index in [1.807, 2.05) is 20.8 Å². The molecule has 1 N–H and O–H groups in total. The van der Waals surface area contributed by atoms with Gasteiger partial charge in [0, 0.05) is 12.0 Å². The Morgan fingerprint density at radius 2 is 1.41 bits per heavy atom. The van der Waals surface area contributed by atoms with Crippen LogP contribution in [0.5, 0.6) is 11.5 Å². The highest BCUT2D eigenvalue weighted by Crippen LogP contribution is 2.38. The molecule has 0 aromatic heterocycles. The zero-order valence-electron chi connectivity index (χ0n) is 11.5. The number of ether oxygens (including phenoxy) is 2. The zero-order chi connectivity index (χ0) is 13.2. The lowest BCUT2D eigenvalue weighted by atomic mass is 9.94. The van der Waals surface area contributed by atoms with Crippen LogP contribution in [0.3, 0.4) is 0 Å². The van der Waals surface area contributed by atoms with Crippen LogP contribution in [0.4, 0.5) is 0 Å². The van der Waals surface area contributed by atoms with Crippen molar-refractivity contribution in [3.05, 3.63) is 22.3 Å². The fourth-order valence-electron chi connectivity index (χ4n) is 2.28. The zero-order valence-corrected chi connectivity index (χ0v) is 11.5. The standard InChI is InChI=1S/C14H22O3/c1-8(15)7-12-11(4)13(16-5)9(2)10(3)14(12)17-6/h8,15H,7H2,1-6H3. The van der Waals surface area contributed by atoms with E-state index in [1.54, 1.807) is 21.1 Å². The first-order valence-electron chi connectivity index (χ1n) is 5.82. The summed E-state index contributed by atoms with van der Waals surface area (Å²) in [5.41, 5.74) is 4.25. The predicted molar refractivity (Wildman–Crippen MR) is 69.1 cm³/mol. The highest BCUT2D eigenvalue weighted by Gasteiger charge is 2.19. The lowest BCUT2D eigenvalue weighted by Crippen LogP contribution is -2.10. The van der Waals surface area contributed by atoms with E-state index in [9.17, 15) is 5.11 Å². The van der Waals surface area contributed by atoms with Gasteiger partial charge in [-0.05, 0) is 44.4 Å². The lowest BCUT2D eigenvalue weighted by Gasteiger charge is -2.21. The minimum absolute atomic E-state index is 0.394. The predicted octanol–water partition coefficient (Wildman–Crippen LogP) is 2.55. The molecule has 1 aromatic carbocycles. The number of aliphatic hydroxyl groups is 1. The van der Waals surface area contributed by atoms with Gasteiger partial charge in [-0.2, -0.15) is 0 Å². The quantitative estimate of drug-likeness (QED) is 0.876. The first-order valence-corrected chi connectivity index (χ1v) is 5.82. The van der Waals surface area contributed by atoms with Crippen LogP contribution in [-0.4, -0.2) is 25.4 Å². The van der Waals surface area contributed by atoms with Gasteiger partial charge in [0.1, 0.15) is 11.5 Å². The van der Waals surface area contributed by atoms with Gasteiger partial charge in [-0.15, -0.1) is 0 Å². The average Bonchev–Trinajstić information content (AvgIpc) is 2.27.